The lowest BCUT2D eigenvalue weighted by Gasteiger charge is -2.07. The van der Waals surface area contributed by atoms with Gasteiger partial charge in [0.05, 0.1) is 6.04 Å². The average Bonchev–Trinajstić information content (AvgIpc) is 2.35. The molecule has 0 aliphatic carbocycles. The third kappa shape index (κ3) is 11.9. The Morgan fingerprint density at radius 2 is 1.39 bits per heavy atom. The first-order valence-electron chi connectivity index (χ1n) is 7.71. The molecule has 0 aromatic carbocycles. The molecule has 3 heteroatoms. The standard InChI is InChI=1S/C15H32N2O/c1-3-4-5-6-7-8-9-10-11-12-13-17-15(18)14(2)16/h14H,3-13,16H2,1-2H3,(H,17,18). The Labute approximate surface area is 113 Å². The highest BCUT2D eigenvalue weighted by Gasteiger charge is 2.04. The van der Waals surface area contributed by atoms with Crippen LogP contribution in [0.1, 0.15) is 78.1 Å². The summed E-state index contributed by atoms with van der Waals surface area (Å²) in [6.45, 7) is 4.74. The monoisotopic (exact) mass is 256 g/mol. The molecule has 0 fully saturated rings. The van der Waals surface area contributed by atoms with E-state index in [0.717, 1.165) is 13.0 Å². The fourth-order valence-corrected chi connectivity index (χ4v) is 1.99. The Morgan fingerprint density at radius 1 is 0.944 bits per heavy atom. The van der Waals surface area contributed by atoms with Crippen LogP contribution in [0.5, 0.6) is 0 Å². The van der Waals surface area contributed by atoms with Crippen molar-refractivity contribution in [2.75, 3.05) is 6.54 Å². The van der Waals surface area contributed by atoms with Gasteiger partial charge in [-0.25, -0.2) is 0 Å². The van der Waals surface area contributed by atoms with Gasteiger partial charge in [-0.2, -0.15) is 0 Å². The zero-order chi connectivity index (χ0) is 13.6. The van der Waals surface area contributed by atoms with E-state index < -0.39 is 0 Å². The summed E-state index contributed by atoms with van der Waals surface area (Å²) in [6, 6.07) is -0.381. The van der Waals surface area contributed by atoms with E-state index in [1.807, 2.05) is 0 Å². The minimum atomic E-state index is -0.381. The normalized spacial score (nSPS) is 12.4. The average molecular weight is 256 g/mol. The Bertz CT molecular complexity index is 193. The largest absolute Gasteiger partial charge is 0.355 e. The molecule has 3 nitrogen and oxygen atoms in total. The SMILES string of the molecule is CCCCCCCCCCCCNC(=O)C(C)N. The van der Waals surface area contributed by atoms with Gasteiger partial charge in [0.2, 0.25) is 5.91 Å². The third-order valence-electron chi connectivity index (χ3n) is 3.24. The van der Waals surface area contributed by atoms with Crippen LogP contribution in [-0.2, 0) is 4.79 Å². The molecule has 0 spiro atoms. The fraction of sp³-hybridized carbons (Fsp3) is 0.933. The maximum absolute atomic E-state index is 11.2. The van der Waals surface area contributed by atoms with Gasteiger partial charge in [-0.3, -0.25) is 4.79 Å². The van der Waals surface area contributed by atoms with Gasteiger partial charge in [-0.05, 0) is 13.3 Å². The molecule has 0 aromatic heterocycles. The second-order valence-electron chi connectivity index (χ2n) is 5.26. The van der Waals surface area contributed by atoms with Crippen molar-refractivity contribution in [3.05, 3.63) is 0 Å². The molecule has 0 aliphatic rings. The molecular formula is C15H32N2O. The minimum Gasteiger partial charge on any atom is -0.355 e. The summed E-state index contributed by atoms with van der Waals surface area (Å²) < 4.78 is 0. The van der Waals surface area contributed by atoms with Crippen LogP contribution in [-0.4, -0.2) is 18.5 Å². The first kappa shape index (κ1) is 17.4. The molecule has 1 atom stereocenters. The molecule has 1 unspecified atom stereocenters. The number of carbonyl (C=O) groups is 1. The lowest BCUT2D eigenvalue weighted by atomic mass is 10.1. The molecule has 3 N–H and O–H groups in total. The Hall–Kier alpha value is -0.570. The van der Waals surface area contributed by atoms with Crippen LogP contribution in [0.4, 0.5) is 0 Å². The Morgan fingerprint density at radius 3 is 1.83 bits per heavy atom. The molecule has 0 bridgehead atoms. The zero-order valence-electron chi connectivity index (χ0n) is 12.3. The van der Waals surface area contributed by atoms with Crippen molar-refractivity contribution in [3.63, 3.8) is 0 Å². The summed E-state index contributed by atoms with van der Waals surface area (Å²) in [5.41, 5.74) is 5.45. The predicted molar refractivity (Wildman–Crippen MR) is 78.5 cm³/mol. The third-order valence-corrected chi connectivity index (χ3v) is 3.24. The zero-order valence-corrected chi connectivity index (χ0v) is 12.3. The van der Waals surface area contributed by atoms with Crippen molar-refractivity contribution < 1.29 is 4.79 Å². The number of hydrogen-bond donors (Lipinski definition) is 2. The lowest BCUT2D eigenvalue weighted by Crippen LogP contribution is -2.38. The molecule has 0 saturated heterocycles. The first-order chi connectivity index (χ1) is 8.68. The number of unbranched alkanes of at least 4 members (excludes halogenated alkanes) is 9. The van der Waals surface area contributed by atoms with Gasteiger partial charge in [0.15, 0.2) is 0 Å². The smallest absolute Gasteiger partial charge is 0.236 e. The van der Waals surface area contributed by atoms with E-state index in [9.17, 15) is 4.79 Å². The number of hydrogen-bond acceptors (Lipinski definition) is 2. The van der Waals surface area contributed by atoms with Crippen molar-refractivity contribution in [1.82, 2.24) is 5.32 Å². The molecule has 0 heterocycles. The Kier molecular flexibility index (Phi) is 12.5. The molecule has 0 aromatic rings. The molecule has 0 radical (unpaired) electrons. The molecular weight excluding hydrogens is 224 g/mol. The molecule has 1 amide bonds. The van der Waals surface area contributed by atoms with Crippen LogP contribution < -0.4 is 11.1 Å². The van der Waals surface area contributed by atoms with Crippen LogP contribution in [0, 0.1) is 0 Å². The number of nitrogens with two attached hydrogens (primary N) is 1. The van der Waals surface area contributed by atoms with E-state index in [0.29, 0.717) is 0 Å². The van der Waals surface area contributed by atoms with Gasteiger partial charge >= 0.3 is 0 Å². The highest BCUT2D eigenvalue weighted by atomic mass is 16.2. The van der Waals surface area contributed by atoms with E-state index in [2.05, 4.69) is 12.2 Å². The van der Waals surface area contributed by atoms with Crippen LogP contribution in [0.2, 0.25) is 0 Å². The van der Waals surface area contributed by atoms with Crippen LogP contribution in [0.25, 0.3) is 0 Å². The Balaban J connectivity index is 3.05. The number of carbonyl (C=O) groups excluding carboxylic acids is 1. The molecule has 0 aliphatic heterocycles. The quantitative estimate of drug-likeness (QED) is 0.526. The van der Waals surface area contributed by atoms with Crippen molar-refractivity contribution in [2.45, 2.75) is 84.1 Å². The number of nitrogens with one attached hydrogen (secondary N) is 1. The highest BCUT2D eigenvalue weighted by Crippen LogP contribution is 2.10. The van der Waals surface area contributed by atoms with Crippen LogP contribution in [0.15, 0.2) is 0 Å². The number of amides is 1. The van der Waals surface area contributed by atoms with Gasteiger partial charge < -0.3 is 11.1 Å². The maximum atomic E-state index is 11.2. The second-order valence-corrected chi connectivity index (χ2v) is 5.26. The minimum absolute atomic E-state index is 0.0362. The fourth-order valence-electron chi connectivity index (χ4n) is 1.99. The number of rotatable bonds is 12. The van der Waals surface area contributed by atoms with Gasteiger partial charge in [0.1, 0.15) is 0 Å². The van der Waals surface area contributed by atoms with E-state index in [1.54, 1.807) is 6.92 Å². The summed E-state index contributed by atoms with van der Waals surface area (Å²) in [7, 11) is 0. The predicted octanol–water partition coefficient (Wildman–Crippen LogP) is 3.37. The van der Waals surface area contributed by atoms with Gasteiger partial charge in [0.25, 0.3) is 0 Å². The van der Waals surface area contributed by atoms with Crippen LogP contribution >= 0.6 is 0 Å². The van der Waals surface area contributed by atoms with E-state index in [1.165, 1.54) is 57.8 Å². The second kappa shape index (κ2) is 12.9. The molecule has 0 saturated carbocycles. The summed E-state index contributed by atoms with van der Waals surface area (Å²) in [4.78, 5) is 11.2. The summed E-state index contributed by atoms with van der Waals surface area (Å²) in [6.07, 6.45) is 13.2. The summed E-state index contributed by atoms with van der Waals surface area (Å²) in [5.74, 6) is -0.0362. The van der Waals surface area contributed by atoms with Gasteiger partial charge in [-0.15, -0.1) is 0 Å². The van der Waals surface area contributed by atoms with E-state index in [-0.39, 0.29) is 11.9 Å². The molecule has 18 heavy (non-hydrogen) atoms. The first-order valence-corrected chi connectivity index (χ1v) is 7.71. The van der Waals surface area contributed by atoms with E-state index in [4.69, 9.17) is 5.73 Å². The summed E-state index contributed by atoms with van der Waals surface area (Å²) in [5, 5.41) is 2.84. The highest BCUT2D eigenvalue weighted by molar-refractivity contribution is 5.80. The van der Waals surface area contributed by atoms with Crippen molar-refractivity contribution in [1.29, 1.82) is 0 Å². The topological polar surface area (TPSA) is 55.1 Å². The van der Waals surface area contributed by atoms with Gasteiger partial charge in [0, 0.05) is 6.54 Å². The van der Waals surface area contributed by atoms with Crippen LogP contribution in [0.3, 0.4) is 0 Å². The van der Waals surface area contributed by atoms with Crippen molar-refractivity contribution in [2.24, 2.45) is 5.73 Å². The maximum Gasteiger partial charge on any atom is 0.236 e. The van der Waals surface area contributed by atoms with Gasteiger partial charge in [-0.1, -0.05) is 64.7 Å². The van der Waals surface area contributed by atoms with E-state index >= 15 is 0 Å². The molecule has 108 valence electrons. The molecule has 0 rings (SSSR count). The lowest BCUT2D eigenvalue weighted by molar-refractivity contribution is -0.121. The van der Waals surface area contributed by atoms with Crippen molar-refractivity contribution >= 4 is 5.91 Å². The summed E-state index contributed by atoms with van der Waals surface area (Å²) >= 11 is 0. The van der Waals surface area contributed by atoms with Crippen molar-refractivity contribution in [3.8, 4) is 0 Å².